The largest absolute Gasteiger partial charge is 0.429 e. The molecule has 1 amide bonds. The zero-order chi connectivity index (χ0) is 9.68. The maximum atomic E-state index is 10.5. The van der Waals surface area contributed by atoms with Crippen molar-refractivity contribution < 1.29 is 9.53 Å². The van der Waals surface area contributed by atoms with Gasteiger partial charge in [0.25, 0.3) is 0 Å². The molecule has 0 heterocycles. The lowest BCUT2D eigenvalue weighted by Gasteiger charge is -2.17. The van der Waals surface area contributed by atoms with Gasteiger partial charge in [0.05, 0.1) is 0 Å². The molecule has 1 aliphatic rings. The van der Waals surface area contributed by atoms with Gasteiger partial charge in [-0.3, -0.25) is 0 Å². The van der Waals surface area contributed by atoms with Crippen LogP contribution < -0.4 is 5.73 Å². The monoisotopic (exact) mass is 179 g/mol. The fraction of sp³-hybridized carbons (Fsp3) is 0.500. The van der Waals surface area contributed by atoms with Crippen LogP contribution in [-0.2, 0) is 4.74 Å². The second kappa shape index (κ2) is 4.56. The van der Waals surface area contributed by atoms with Gasteiger partial charge in [-0.05, 0) is 31.3 Å². The smallest absolute Gasteiger partial charge is 0.406 e. The first-order chi connectivity index (χ1) is 6.24. The van der Waals surface area contributed by atoms with Crippen molar-refractivity contribution in [3.8, 4) is 12.3 Å². The fourth-order valence-corrected chi connectivity index (χ4v) is 1.43. The summed E-state index contributed by atoms with van der Waals surface area (Å²) in [6.45, 7) is 0. The number of hydrogen-bond acceptors (Lipinski definition) is 2. The molecule has 0 saturated heterocycles. The summed E-state index contributed by atoms with van der Waals surface area (Å²) >= 11 is 0. The molecule has 0 aromatic rings. The van der Waals surface area contributed by atoms with Crippen LogP contribution >= 0.6 is 0 Å². The zero-order valence-electron chi connectivity index (χ0n) is 7.45. The maximum Gasteiger partial charge on any atom is 0.406 e. The lowest BCUT2D eigenvalue weighted by atomic mass is 9.96. The third-order valence-electron chi connectivity index (χ3n) is 2.05. The third-order valence-corrected chi connectivity index (χ3v) is 2.05. The summed E-state index contributed by atoms with van der Waals surface area (Å²) in [6.07, 6.45) is 10.1. The van der Waals surface area contributed by atoms with Gasteiger partial charge in [0.2, 0.25) is 0 Å². The van der Waals surface area contributed by atoms with E-state index in [0.717, 1.165) is 24.8 Å². The van der Waals surface area contributed by atoms with Crippen molar-refractivity contribution >= 4 is 6.09 Å². The summed E-state index contributed by atoms with van der Waals surface area (Å²) in [5.74, 6) is 2.41. The summed E-state index contributed by atoms with van der Waals surface area (Å²) in [6, 6.07) is 0. The molecule has 0 radical (unpaired) electrons. The Bertz CT molecular complexity index is 263. The Labute approximate surface area is 77.9 Å². The van der Waals surface area contributed by atoms with Gasteiger partial charge in [0.15, 0.2) is 6.10 Å². The van der Waals surface area contributed by atoms with Gasteiger partial charge < -0.3 is 10.5 Å². The number of terminal acetylenes is 1. The van der Waals surface area contributed by atoms with Gasteiger partial charge in [-0.2, -0.15) is 0 Å². The van der Waals surface area contributed by atoms with Gasteiger partial charge in [-0.1, -0.05) is 12.0 Å². The number of allylic oxidation sites excluding steroid dienone is 1. The van der Waals surface area contributed by atoms with E-state index in [9.17, 15) is 4.79 Å². The van der Waals surface area contributed by atoms with Crippen LogP contribution in [0.5, 0.6) is 0 Å². The first-order valence-electron chi connectivity index (χ1n) is 4.35. The first-order valence-corrected chi connectivity index (χ1v) is 4.35. The highest BCUT2D eigenvalue weighted by Gasteiger charge is 2.16. The van der Waals surface area contributed by atoms with Crippen LogP contribution in [0.3, 0.4) is 0 Å². The van der Waals surface area contributed by atoms with E-state index < -0.39 is 12.2 Å². The van der Waals surface area contributed by atoms with Crippen LogP contribution in [0.2, 0.25) is 0 Å². The molecular weight excluding hydrogens is 166 g/mol. The molecule has 0 aromatic heterocycles. The molecule has 3 nitrogen and oxygen atoms in total. The highest BCUT2D eigenvalue weighted by Crippen LogP contribution is 2.21. The molecule has 0 spiro atoms. The molecule has 13 heavy (non-hydrogen) atoms. The van der Waals surface area contributed by atoms with Crippen LogP contribution in [0.15, 0.2) is 11.6 Å². The van der Waals surface area contributed by atoms with Crippen LogP contribution in [0, 0.1) is 12.3 Å². The minimum Gasteiger partial charge on any atom is -0.429 e. The lowest BCUT2D eigenvalue weighted by Crippen LogP contribution is -2.23. The molecule has 3 heteroatoms. The Morgan fingerprint density at radius 2 is 2.46 bits per heavy atom. The van der Waals surface area contributed by atoms with E-state index >= 15 is 0 Å². The van der Waals surface area contributed by atoms with Crippen molar-refractivity contribution in [2.24, 2.45) is 5.73 Å². The van der Waals surface area contributed by atoms with Gasteiger partial charge in [-0.15, -0.1) is 6.42 Å². The van der Waals surface area contributed by atoms with E-state index in [1.807, 2.05) is 6.08 Å². The molecule has 0 saturated carbocycles. The predicted octanol–water partition coefficient (Wildman–Crippen LogP) is 1.58. The van der Waals surface area contributed by atoms with Gasteiger partial charge >= 0.3 is 6.09 Å². The van der Waals surface area contributed by atoms with Crippen LogP contribution in [0.25, 0.3) is 0 Å². The number of nitrogens with two attached hydrogens (primary N) is 1. The number of hydrogen-bond donors (Lipinski definition) is 1. The van der Waals surface area contributed by atoms with Crippen molar-refractivity contribution in [3.05, 3.63) is 11.6 Å². The van der Waals surface area contributed by atoms with E-state index in [2.05, 4.69) is 5.92 Å². The second-order valence-corrected chi connectivity index (χ2v) is 3.01. The minimum absolute atomic E-state index is 0.558. The van der Waals surface area contributed by atoms with Gasteiger partial charge in [0, 0.05) is 0 Å². The predicted molar refractivity (Wildman–Crippen MR) is 49.8 cm³/mol. The molecule has 2 N–H and O–H groups in total. The minimum atomic E-state index is -0.811. The Hall–Kier alpha value is -1.43. The van der Waals surface area contributed by atoms with Gasteiger partial charge in [-0.25, -0.2) is 4.79 Å². The molecular formula is C10H13NO2. The summed E-state index contributed by atoms with van der Waals surface area (Å²) in [5, 5.41) is 0. The summed E-state index contributed by atoms with van der Waals surface area (Å²) < 4.78 is 4.77. The Morgan fingerprint density at radius 1 is 1.69 bits per heavy atom. The molecule has 1 atom stereocenters. The number of rotatable bonds is 2. The number of primary amides is 1. The number of ether oxygens (including phenoxy) is 1. The molecule has 1 aliphatic carbocycles. The number of carbonyl (C=O) groups excluding carboxylic acids is 1. The topological polar surface area (TPSA) is 52.3 Å². The highest BCUT2D eigenvalue weighted by molar-refractivity contribution is 5.65. The summed E-state index contributed by atoms with van der Waals surface area (Å²) in [4.78, 5) is 10.5. The van der Waals surface area contributed by atoms with E-state index in [-0.39, 0.29) is 0 Å². The van der Waals surface area contributed by atoms with E-state index in [1.54, 1.807) is 0 Å². The molecule has 0 fully saturated rings. The van der Waals surface area contributed by atoms with E-state index in [0.29, 0.717) is 0 Å². The van der Waals surface area contributed by atoms with Crippen molar-refractivity contribution in [1.29, 1.82) is 0 Å². The van der Waals surface area contributed by atoms with Gasteiger partial charge in [0.1, 0.15) is 0 Å². The first kappa shape index (κ1) is 9.66. The quantitative estimate of drug-likeness (QED) is 0.517. The average Bonchev–Trinajstić information content (AvgIpc) is 2.15. The Kier molecular flexibility index (Phi) is 3.39. The van der Waals surface area contributed by atoms with Crippen molar-refractivity contribution in [2.45, 2.75) is 31.8 Å². The van der Waals surface area contributed by atoms with Crippen molar-refractivity contribution in [2.75, 3.05) is 0 Å². The number of carbonyl (C=O) groups is 1. The Morgan fingerprint density at radius 3 is 2.92 bits per heavy atom. The number of amides is 1. The average molecular weight is 179 g/mol. The fourth-order valence-electron chi connectivity index (χ4n) is 1.43. The standard InChI is InChI=1S/C10H13NO2/c1-2-9(13-10(11)12)8-6-4-3-5-7-8/h1,6,9H,3-5,7H2,(H2,11,12). The molecule has 0 aromatic carbocycles. The molecule has 1 rings (SSSR count). The molecule has 1 unspecified atom stereocenters. The molecule has 70 valence electrons. The van der Waals surface area contributed by atoms with Crippen molar-refractivity contribution in [3.63, 3.8) is 0 Å². The SMILES string of the molecule is C#CC(OC(N)=O)C1=CCCCC1. The summed E-state index contributed by atoms with van der Waals surface area (Å²) in [5.41, 5.74) is 5.90. The van der Waals surface area contributed by atoms with E-state index in [1.165, 1.54) is 6.42 Å². The second-order valence-electron chi connectivity index (χ2n) is 3.01. The Balaban J connectivity index is 2.60. The molecule has 0 bridgehead atoms. The lowest BCUT2D eigenvalue weighted by molar-refractivity contribution is 0.144. The summed E-state index contributed by atoms with van der Waals surface area (Å²) in [7, 11) is 0. The van der Waals surface area contributed by atoms with Crippen molar-refractivity contribution in [1.82, 2.24) is 0 Å². The maximum absolute atomic E-state index is 10.5. The highest BCUT2D eigenvalue weighted by atomic mass is 16.6. The van der Waals surface area contributed by atoms with Crippen LogP contribution in [0.4, 0.5) is 4.79 Å². The molecule has 0 aliphatic heterocycles. The normalized spacial score (nSPS) is 18.2. The van der Waals surface area contributed by atoms with Crippen LogP contribution in [-0.4, -0.2) is 12.2 Å². The van der Waals surface area contributed by atoms with Crippen LogP contribution in [0.1, 0.15) is 25.7 Å². The van der Waals surface area contributed by atoms with E-state index in [4.69, 9.17) is 16.9 Å². The third kappa shape index (κ3) is 2.83. The zero-order valence-corrected chi connectivity index (χ0v) is 7.45.